The standard InChI is InChI=1S/C19H21N7O3/c1-19(2,3)9-25-14-6-12(11-8-21-23-13(11)7-20)24-26(14)18(29)15(17(25)28)16(27)22-10-4-5-10/h6,8,10,29H,4-5,9H2,1-3H3,(H,21,23)(H,22,27). The van der Waals surface area contributed by atoms with Gasteiger partial charge in [0.1, 0.15) is 17.4 Å². The van der Waals surface area contributed by atoms with E-state index in [1.165, 1.54) is 15.3 Å². The highest BCUT2D eigenvalue weighted by molar-refractivity contribution is 5.96. The summed E-state index contributed by atoms with van der Waals surface area (Å²) in [7, 11) is 0. The summed E-state index contributed by atoms with van der Waals surface area (Å²) >= 11 is 0. The summed E-state index contributed by atoms with van der Waals surface area (Å²) in [6, 6.07) is 3.62. The second-order valence-electron chi connectivity index (χ2n) is 8.47. The summed E-state index contributed by atoms with van der Waals surface area (Å²) < 4.78 is 2.60. The van der Waals surface area contributed by atoms with Gasteiger partial charge in [0.05, 0.1) is 17.5 Å². The van der Waals surface area contributed by atoms with Crippen LogP contribution in [0.5, 0.6) is 5.88 Å². The Morgan fingerprint density at radius 3 is 2.79 bits per heavy atom. The Morgan fingerprint density at radius 1 is 1.45 bits per heavy atom. The highest BCUT2D eigenvalue weighted by Crippen LogP contribution is 2.27. The summed E-state index contributed by atoms with van der Waals surface area (Å²) in [5.41, 5.74) is 0.137. The summed E-state index contributed by atoms with van der Waals surface area (Å²) in [5, 5.41) is 33.5. The van der Waals surface area contributed by atoms with Crippen LogP contribution in [-0.4, -0.2) is 41.4 Å². The number of aromatic hydroxyl groups is 1. The van der Waals surface area contributed by atoms with Crippen LogP contribution in [0.25, 0.3) is 16.9 Å². The SMILES string of the molecule is CC(C)(C)Cn1c(=O)c(C(=O)NC2CC2)c(O)n2nc(-c3cn[nH]c3C#N)cc12. The van der Waals surface area contributed by atoms with E-state index in [0.29, 0.717) is 23.4 Å². The van der Waals surface area contributed by atoms with Gasteiger partial charge in [0.15, 0.2) is 5.56 Å². The Kier molecular flexibility index (Phi) is 4.19. The molecule has 1 aliphatic carbocycles. The van der Waals surface area contributed by atoms with Crippen molar-refractivity contribution < 1.29 is 9.90 Å². The van der Waals surface area contributed by atoms with Crippen LogP contribution in [0.15, 0.2) is 17.1 Å². The number of nitrogens with zero attached hydrogens (tertiary/aromatic N) is 5. The van der Waals surface area contributed by atoms with E-state index in [9.17, 15) is 20.0 Å². The van der Waals surface area contributed by atoms with Crippen LogP contribution in [0.3, 0.4) is 0 Å². The highest BCUT2D eigenvalue weighted by atomic mass is 16.3. The van der Waals surface area contributed by atoms with E-state index in [0.717, 1.165) is 12.8 Å². The predicted molar refractivity (Wildman–Crippen MR) is 103 cm³/mol. The number of nitrogens with one attached hydrogen (secondary N) is 2. The van der Waals surface area contributed by atoms with Crippen LogP contribution in [0.1, 0.15) is 49.7 Å². The van der Waals surface area contributed by atoms with Crippen molar-refractivity contribution in [1.29, 1.82) is 5.26 Å². The quantitative estimate of drug-likeness (QED) is 0.610. The number of hydrogen-bond acceptors (Lipinski definition) is 6. The summed E-state index contributed by atoms with van der Waals surface area (Å²) in [6.07, 6.45) is 3.16. The molecule has 10 heteroatoms. The molecule has 3 N–H and O–H groups in total. The fourth-order valence-electron chi connectivity index (χ4n) is 3.17. The summed E-state index contributed by atoms with van der Waals surface area (Å²) in [4.78, 5) is 25.8. The van der Waals surface area contributed by atoms with Gasteiger partial charge in [0.2, 0.25) is 5.88 Å². The van der Waals surface area contributed by atoms with Crippen molar-refractivity contribution in [1.82, 2.24) is 29.7 Å². The zero-order valence-corrected chi connectivity index (χ0v) is 16.4. The molecule has 3 aromatic heterocycles. The summed E-state index contributed by atoms with van der Waals surface area (Å²) in [6.45, 7) is 6.20. The maximum Gasteiger partial charge on any atom is 0.270 e. The van der Waals surface area contributed by atoms with Crippen molar-refractivity contribution in [2.45, 2.75) is 46.2 Å². The number of hydrogen-bond donors (Lipinski definition) is 3. The lowest BCUT2D eigenvalue weighted by atomic mass is 9.97. The molecular weight excluding hydrogens is 374 g/mol. The van der Waals surface area contributed by atoms with Crippen LogP contribution < -0.4 is 10.9 Å². The zero-order chi connectivity index (χ0) is 20.9. The molecule has 1 aliphatic rings. The molecular formula is C19H21N7O3. The Bertz CT molecular complexity index is 1220. The average Bonchev–Trinajstić information content (AvgIpc) is 3.16. The lowest BCUT2D eigenvalue weighted by Crippen LogP contribution is -2.37. The number of nitriles is 1. The summed E-state index contributed by atoms with van der Waals surface area (Å²) in [5.74, 6) is -1.14. The van der Waals surface area contributed by atoms with Gasteiger partial charge in [-0.3, -0.25) is 19.3 Å². The number of H-pyrrole nitrogens is 1. The third-order valence-electron chi connectivity index (χ3n) is 4.65. The molecule has 0 aliphatic heterocycles. The first-order valence-corrected chi connectivity index (χ1v) is 9.30. The molecule has 29 heavy (non-hydrogen) atoms. The number of aromatic nitrogens is 5. The second kappa shape index (κ2) is 6.48. The van der Waals surface area contributed by atoms with Gasteiger partial charge >= 0.3 is 0 Å². The Morgan fingerprint density at radius 2 is 2.17 bits per heavy atom. The van der Waals surface area contributed by atoms with E-state index in [2.05, 4.69) is 20.6 Å². The minimum atomic E-state index is -0.613. The van der Waals surface area contributed by atoms with Gasteiger partial charge < -0.3 is 10.4 Å². The molecule has 0 bridgehead atoms. The van der Waals surface area contributed by atoms with Crippen LogP contribution in [0.4, 0.5) is 0 Å². The van der Waals surface area contributed by atoms with Crippen molar-refractivity contribution in [2.24, 2.45) is 5.41 Å². The second-order valence-corrected chi connectivity index (χ2v) is 8.47. The zero-order valence-electron chi connectivity index (χ0n) is 16.4. The fraction of sp³-hybridized carbons (Fsp3) is 0.421. The number of rotatable bonds is 4. The number of fused-ring (bicyclic) bond motifs is 1. The highest BCUT2D eigenvalue weighted by Gasteiger charge is 2.30. The molecule has 150 valence electrons. The first kappa shape index (κ1) is 18.7. The predicted octanol–water partition coefficient (Wildman–Crippen LogP) is 1.40. The van der Waals surface area contributed by atoms with Crippen molar-refractivity contribution in [3.63, 3.8) is 0 Å². The maximum absolute atomic E-state index is 13.2. The third kappa shape index (κ3) is 3.35. The van der Waals surface area contributed by atoms with E-state index in [-0.39, 0.29) is 22.7 Å². The number of amides is 1. The first-order chi connectivity index (χ1) is 13.7. The molecule has 0 saturated heterocycles. The van der Waals surface area contributed by atoms with Gasteiger partial charge in [-0.1, -0.05) is 20.8 Å². The first-order valence-electron chi connectivity index (χ1n) is 9.30. The van der Waals surface area contributed by atoms with E-state index >= 15 is 0 Å². The number of aromatic amines is 1. The molecule has 1 amide bonds. The molecule has 0 aromatic carbocycles. The lowest BCUT2D eigenvalue weighted by Gasteiger charge is -2.21. The van der Waals surface area contributed by atoms with Gasteiger partial charge in [-0.25, -0.2) is 0 Å². The molecule has 0 atom stereocenters. The van der Waals surface area contributed by atoms with E-state index < -0.39 is 17.3 Å². The minimum Gasteiger partial charge on any atom is -0.492 e. The van der Waals surface area contributed by atoms with Gasteiger partial charge in [0, 0.05) is 18.7 Å². The molecule has 3 aromatic rings. The molecule has 0 spiro atoms. The Labute approximate surface area is 165 Å². The maximum atomic E-state index is 13.2. The molecule has 0 radical (unpaired) electrons. The monoisotopic (exact) mass is 395 g/mol. The topological polar surface area (TPSA) is 141 Å². The normalized spacial score (nSPS) is 14.1. The molecule has 1 saturated carbocycles. The van der Waals surface area contributed by atoms with Crippen LogP contribution in [0.2, 0.25) is 0 Å². The molecule has 10 nitrogen and oxygen atoms in total. The van der Waals surface area contributed by atoms with Crippen molar-refractivity contribution >= 4 is 11.6 Å². The van der Waals surface area contributed by atoms with Crippen molar-refractivity contribution in [2.75, 3.05) is 0 Å². The number of carbonyl (C=O) groups is 1. The van der Waals surface area contributed by atoms with Crippen LogP contribution >= 0.6 is 0 Å². The smallest absolute Gasteiger partial charge is 0.270 e. The van der Waals surface area contributed by atoms with Crippen LogP contribution in [0, 0.1) is 16.7 Å². The Balaban J connectivity index is 1.97. The lowest BCUT2D eigenvalue weighted by molar-refractivity contribution is 0.0944. The van der Waals surface area contributed by atoms with Gasteiger partial charge in [-0.15, -0.1) is 0 Å². The molecule has 4 rings (SSSR count). The van der Waals surface area contributed by atoms with Gasteiger partial charge in [-0.05, 0) is 18.3 Å². The van der Waals surface area contributed by atoms with E-state index in [1.807, 2.05) is 26.8 Å². The van der Waals surface area contributed by atoms with Gasteiger partial charge in [0.25, 0.3) is 11.5 Å². The average molecular weight is 395 g/mol. The van der Waals surface area contributed by atoms with E-state index in [1.54, 1.807) is 6.07 Å². The minimum absolute atomic E-state index is 0.0327. The molecule has 1 fully saturated rings. The molecule has 0 unspecified atom stereocenters. The number of carbonyl (C=O) groups excluding carboxylic acids is 1. The third-order valence-corrected chi connectivity index (χ3v) is 4.65. The largest absolute Gasteiger partial charge is 0.492 e. The molecule has 3 heterocycles. The van der Waals surface area contributed by atoms with Crippen molar-refractivity contribution in [3.8, 4) is 23.2 Å². The van der Waals surface area contributed by atoms with Crippen LogP contribution in [-0.2, 0) is 6.54 Å². The van der Waals surface area contributed by atoms with E-state index in [4.69, 9.17) is 0 Å². The Hall–Kier alpha value is -3.61. The van der Waals surface area contributed by atoms with Crippen molar-refractivity contribution in [3.05, 3.63) is 33.9 Å². The fourth-order valence-corrected chi connectivity index (χ4v) is 3.17. The van der Waals surface area contributed by atoms with Gasteiger partial charge in [-0.2, -0.15) is 20.0 Å².